The second-order valence-electron chi connectivity index (χ2n) is 10.1. The molecule has 2 fully saturated rings. The number of hydrogen-bond donors (Lipinski definition) is 2. The van der Waals surface area contributed by atoms with Gasteiger partial charge in [-0.1, -0.05) is 24.3 Å². The molecule has 3 heterocycles. The average Bonchev–Trinajstić information content (AvgIpc) is 3.48. The molecule has 1 saturated carbocycles. The van der Waals surface area contributed by atoms with E-state index in [9.17, 15) is 4.79 Å². The summed E-state index contributed by atoms with van der Waals surface area (Å²) in [5.41, 5.74) is 8.23. The number of ether oxygens (including phenoxy) is 1. The van der Waals surface area contributed by atoms with Gasteiger partial charge in [0.15, 0.2) is 0 Å². The minimum Gasteiger partial charge on any atom is -0.578 e. The van der Waals surface area contributed by atoms with Gasteiger partial charge in [0.05, 0.1) is 17.7 Å². The fraction of sp³-hybridized carbons (Fsp3) is 0.407. The van der Waals surface area contributed by atoms with E-state index in [0.29, 0.717) is 18.7 Å². The van der Waals surface area contributed by atoms with Crippen molar-refractivity contribution in [2.45, 2.75) is 44.2 Å². The number of amides is 1. The maximum atomic E-state index is 12.6. The Morgan fingerprint density at radius 1 is 1.18 bits per heavy atom. The van der Waals surface area contributed by atoms with E-state index in [-0.39, 0.29) is 42.2 Å². The van der Waals surface area contributed by atoms with Crippen LogP contribution in [0, 0.1) is 11.3 Å². The normalized spacial score (nSPS) is 19.4. The minimum absolute atomic E-state index is 0.0364. The highest BCUT2D eigenvalue weighted by molar-refractivity contribution is 6.04. The SMILES string of the molecule is CO[C@@H]1CCN(C(=O)Cn2cc(C([OH2+])=NC(=N)[C@@](C)(c3ccc(-c4cnc(N)nc4)cc3)C3CC3)cn2)C1. The maximum absolute atomic E-state index is 12.6. The predicted molar refractivity (Wildman–Crippen MR) is 144 cm³/mol. The topological polar surface area (TPSA) is 158 Å². The molecule has 11 nitrogen and oxygen atoms in total. The number of rotatable bonds is 8. The molecular formula is C27H33N8O3+. The van der Waals surface area contributed by atoms with Crippen LogP contribution in [0.15, 0.2) is 54.0 Å². The first-order valence-corrected chi connectivity index (χ1v) is 12.7. The van der Waals surface area contributed by atoms with Gasteiger partial charge in [0.1, 0.15) is 17.9 Å². The van der Waals surface area contributed by atoms with E-state index in [2.05, 4.69) is 20.1 Å². The van der Waals surface area contributed by atoms with E-state index in [1.54, 1.807) is 30.6 Å². The third-order valence-electron chi connectivity index (χ3n) is 7.63. The van der Waals surface area contributed by atoms with Crippen molar-refractivity contribution in [3.63, 3.8) is 0 Å². The van der Waals surface area contributed by atoms with Crippen molar-refractivity contribution in [1.82, 2.24) is 24.6 Å². The Balaban J connectivity index is 1.30. The molecule has 0 spiro atoms. The third-order valence-corrected chi connectivity index (χ3v) is 7.63. The van der Waals surface area contributed by atoms with Crippen LogP contribution in [0.3, 0.4) is 0 Å². The molecule has 1 aromatic carbocycles. The molecule has 5 N–H and O–H groups in total. The fourth-order valence-corrected chi connectivity index (χ4v) is 4.97. The fourth-order valence-electron chi connectivity index (χ4n) is 4.97. The first-order chi connectivity index (χ1) is 18.3. The highest BCUT2D eigenvalue weighted by Gasteiger charge is 2.46. The lowest BCUT2D eigenvalue weighted by Crippen LogP contribution is -2.34. The van der Waals surface area contributed by atoms with Gasteiger partial charge >= 0.3 is 5.90 Å². The number of nitrogen functional groups attached to an aromatic ring is 1. The van der Waals surface area contributed by atoms with Crippen LogP contribution in [0.2, 0.25) is 0 Å². The lowest BCUT2D eigenvalue weighted by atomic mass is 9.76. The zero-order valence-electron chi connectivity index (χ0n) is 21.6. The molecule has 38 heavy (non-hydrogen) atoms. The number of anilines is 1. The number of carbonyl (C=O) groups excluding carboxylic acids is 1. The van der Waals surface area contributed by atoms with Gasteiger partial charge in [-0.25, -0.2) is 9.97 Å². The van der Waals surface area contributed by atoms with Crippen LogP contribution in [0.25, 0.3) is 11.1 Å². The molecule has 1 saturated heterocycles. The number of benzene rings is 1. The smallest absolute Gasteiger partial charge is 0.369 e. The van der Waals surface area contributed by atoms with Gasteiger partial charge < -0.3 is 20.5 Å². The summed E-state index contributed by atoms with van der Waals surface area (Å²) in [6.45, 7) is 3.37. The number of carbonyl (C=O) groups is 1. The molecule has 0 radical (unpaired) electrons. The third kappa shape index (κ3) is 5.14. The Kier molecular flexibility index (Phi) is 6.94. The number of amidine groups is 1. The molecule has 5 rings (SSSR count). The van der Waals surface area contributed by atoms with Crippen molar-refractivity contribution in [3.05, 3.63) is 60.2 Å². The zero-order valence-corrected chi connectivity index (χ0v) is 21.6. The Labute approximate surface area is 220 Å². The Hall–Kier alpha value is -4.12. The number of methoxy groups -OCH3 is 1. The highest BCUT2D eigenvalue weighted by Crippen LogP contribution is 2.48. The van der Waals surface area contributed by atoms with Gasteiger partial charge in [0.2, 0.25) is 11.9 Å². The molecule has 2 atom stereocenters. The number of aliphatic imine (C=N–C) groups is 1. The van der Waals surface area contributed by atoms with Crippen LogP contribution in [-0.2, 0) is 21.5 Å². The Morgan fingerprint density at radius 3 is 2.53 bits per heavy atom. The molecule has 2 aliphatic rings. The van der Waals surface area contributed by atoms with Crippen LogP contribution >= 0.6 is 0 Å². The van der Waals surface area contributed by atoms with Gasteiger partial charge in [-0.05, 0) is 43.2 Å². The molecule has 1 amide bonds. The van der Waals surface area contributed by atoms with E-state index < -0.39 is 5.41 Å². The number of hydrogen-bond acceptors (Lipinski definition) is 7. The van der Waals surface area contributed by atoms with Crippen LogP contribution in [0.1, 0.15) is 37.3 Å². The van der Waals surface area contributed by atoms with Gasteiger partial charge in [0, 0.05) is 44.4 Å². The van der Waals surface area contributed by atoms with E-state index in [4.69, 9.17) is 21.0 Å². The average molecular weight is 518 g/mol. The van der Waals surface area contributed by atoms with Crippen molar-refractivity contribution < 1.29 is 14.6 Å². The summed E-state index contributed by atoms with van der Waals surface area (Å²) >= 11 is 0. The molecule has 1 aliphatic heterocycles. The lowest BCUT2D eigenvalue weighted by molar-refractivity contribution is -0.131. The van der Waals surface area contributed by atoms with Gasteiger partial charge in [-0.15, -0.1) is 4.99 Å². The first-order valence-electron chi connectivity index (χ1n) is 12.7. The highest BCUT2D eigenvalue weighted by atomic mass is 16.5. The van der Waals surface area contributed by atoms with Crippen molar-refractivity contribution in [2.24, 2.45) is 10.9 Å². The van der Waals surface area contributed by atoms with Crippen molar-refractivity contribution in [2.75, 3.05) is 25.9 Å². The summed E-state index contributed by atoms with van der Waals surface area (Å²) in [6.07, 6.45) is 9.46. The van der Waals surface area contributed by atoms with E-state index >= 15 is 0 Å². The largest absolute Gasteiger partial charge is 0.578 e. The molecular weight excluding hydrogens is 484 g/mol. The molecule has 3 aromatic rings. The van der Waals surface area contributed by atoms with Crippen molar-refractivity contribution in [1.29, 1.82) is 5.41 Å². The predicted octanol–water partition coefficient (Wildman–Crippen LogP) is 1.99. The van der Waals surface area contributed by atoms with Gasteiger partial charge in [-0.2, -0.15) is 5.10 Å². The molecule has 1 aliphatic carbocycles. The quantitative estimate of drug-likeness (QED) is 0.264. The molecule has 11 heteroatoms. The van der Waals surface area contributed by atoms with E-state index in [1.165, 1.54) is 10.9 Å². The second kappa shape index (κ2) is 10.3. The number of nitrogens with one attached hydrogen (secondary N) is 1. The summed E-state index contributed by atoms with van der Waals surface area (Å²) in [6, 6.07) is 7.99. The molecule has 0 bridgehead atoms. The first kappa shape index (κ1) is 25.5. The Bertz CT molecular complexity index is 1350. The zero-order chi connectivity index (χ0) is 26.9. The number of aromatic nitrogens is 4. The van der Waals surface area contributed by atoms with Crippen molar-refractivity contribution in [3.8, 4) is 11.1 Å². The standard InChI is InChI=1S/C27H32N8O3/c1-27(21-7-8-21,20-5-3-17(4-6-20)18-11-30-26(29)31-12-18)25(28)33-24(37)19-13-32-35(14-19)16-23(36)34-10-9-22(15-34)38-2/h3-6,11-14,21-22H,7-10,15-16H2,1-2H3,(H2,28,33,37)(H2,29,30,31)/p+1/t22-,27+/m1/s1. The summed E-state index contributed by atoms with van der Waals surface area (Å²) < 4.78 is 6.86. The van der Waals surface area contributed by atoms with Gasteiger partial charge in [-0.3, -0.25) is 14.9 Å². The van der Waals surface area contributed by atoms with E-state index in [0.717, 1.165) is 36.0 Å². The molecule has 198 valence electrons. The van der Waals surface area contributed by atoms with Crippen LogP contribution in [0.5, 0.6) is 0 Å². The summed E-state index contributed by atoms with van der Waals surface area (Å²) in [5, 5.41) is 21.7. The number of nitrogens with zero attached hydrogens (tertiary/aromatic N) is 6. The van der Waals surface area contributed by atoms with Crippen LogP contribution in [0.4, 0.5) is 5.95 Å². The van der Waals surface area contributed by atoms with Crippen LogP contribution < -0.4 is 5.73 Å². The number of likely N-dealkylation sites (tertiary alicyclic amines) is 1. The maximum Gasteiger partial charge on any atom is 0.369 e. The summed E-state index contributed by atoms with van der Waals surface area (Å²) in [4.78, 5) is 26.9. The molecule has 0 unspecified atom stereocenters. The Morgan fingerprint density at radius 2 is 1.89 bits per heavy atom. The molecule has 2 aromatic heterocycles. The summed E-state index contributed by atoms with van der Waals surface area (Å²) in [5.74, 6) is 0.574. The minimum atomic E-state index is -0.623. The lowest BCUT2D eigenvalue weighted by Gasteiger charge is -2.28. The van der Waals surface area contributed by atoms with Crippen molar-refractivity contribution >= 4 is 23.6 Å². The van der Waals surface area contributed by atoms with E-state index in [1.807, 2.05) is 31.2 Å². The second-order valence-corrected chi connectivity index (χ2v) is 10.1. The summed E-state index contributed by atoms with van der Waals surface area (Å²) in [7, 11) is 1.66. The monoisotopic (exact) mass is 517 g/mol. The van der Waals surface area contributed by atoms with Crippen LogP contribution in [-0.4, -0.2) is 73.7 Å². The van der Waals surface area contributed by atoms with Gasteiger partial charge in [0.25, 0.3) is 0 Å². The number of nitrogens with two attached hydrogens (primary N) is 1.